The van der Waals surface area contributed by atoms with Crippen molar-refractivity contribution in [3.63, 3.8) is 0 Å². The van der Waals surface area contributed by atoms with Crippen LogP contribution in [0.4, 0.5) is 11.4 Å². The normalized spacial score (nSPS) is 11.4. The van der Waals surface area contributed by atoms with E-state index in [0.29, 0.717) is 29.2 Å². The topological polar surface area (TPSA) is 104 Å². The Bertz CT molecular complexity index is 1470. The number of ether oxygens (including phenoxy) is 2. The number of allylic oxidation sites excluding steroid dienone is 1. The van der Waals surface area contributed by atoms with E-state index in [1.54, 1.807) is 19.4 Å². The van der Waals surface area contributed by atoms with Crippen LogP contribution in [0.3, 0.4) is 0 Å². The van der Waals surface area contributed by atoms with Gasteiger partial charge in [0.15, 0.2) is 0 Å². The molecule has 0 saturated heterocycles. The summed E-state index contributed by atoms with van der Waals surface area (Å²) in [7, 11) is 1.57. The number of amides is 1. The number of carbonyl (C=O) groups is 1. The number of anilines is 1. The van der Waals surface area contributed by atoms with E-state index >= 15 is 0 Å². The van der Waals surface area contributed by atoms with E-state index in [-0.39, 0.29) is 5.69 Å². The van der Waals surface area contributed by atoms with E-state index in [4.69, 9.17) is 13.9 Å². The molecule has 8 heteroatoms. The van der Waals surface area contributed by atoms with Crippen molar-refractivity contribution in [3.8, 4) is 22.6 Å². The van der Waals surface area contributed by atoms with Crippen molar-refractivity contribution >= 4 is 33.8 Å². The number of furan rings is 1. The van der Waals surface area contributed by atoms with Crippen molar-refractivity contribution < 1.29 is 23.6 Å². The van der Waals surface area contributed by atoms with Crippen LogP contribution in [-0.4, -0.2) is 24.5 Å². The highest BCUT2D eigenvalue weighted by Gasteiger charge is 2.19. The summed E-state index contributed by atoms with van der Waals surface area (Å²) in [5.41, 5.74) is 5.04. The van der Waals surface area contributed by atoms with Gasteiger partial charge in [-0.1, -0.05) is 18.2 Å². The zero-order valence-electron chi connectivity index (χ0n) is 20.5. The average Bonchev–Trinajstić information content (AvgIpc) is 3.29. The highest BCUT2D eigenvalue weighted by Crippen LogP contribution is 2.40. The van der Waals surface area contributed by atoms with Crippen molar-refractivity contribution in [1.29, 1.82) is 0 Å². The lowest BCUT2D eigenvalue weighted by Crippen LogP contribution is -2.09. The summed E-state index contributed by atoms with van der Waals surface area (Å²) in [6, 6.07) is 15.5. The van der Waals surface area contributed by atoms with Gasteiger partial charge in [0.25, 0.3) is 5.69 Å². The lowest BCUT2D eigenvalue weighted by atomic mass is 9.96. The van der Waals surface area contributed by atoms with Gasteiger partial charge in [0.1, 0.15) is 17.1 Å². The Hall–Kier alpha value is -4.59. The number of carbonyl (C=O) groups excluding carboxylic acids is 1. The fourth-order valence-electron chi connectivity index (χ4n) is 4.14. The lowest BCUT2D eigenvalue weighted by molar-refractivity contribution is -0.384. The minimum Gasteiger partial charge on any atom is -0.496 e. The Labute approximate surface area is 208 Å². The van der Waals surface area contributed by atoms with Crippen LogP contribution in [0.15, 0.2) is 71.4 Å². The maximum atomic E-state index is 12.7. The molecule has 4 rings (SSSR count). The smallest absolute Gasteiger partial charge is 0.271 e. The zero-order chi connectivity index (χ0) is 25.8. The molecule has 1 amide bonds. The average molecular weight is 487 g/mol. The molecule has 36 heavy (non-hydrogen) atoms. The third-order valence-corrected chi connectivity index (χ3v) is 5.82. The third kappa shape index (κ3) is 4.93. The first-order valence-corrected chi connectivity index (χ1v) is 11.4. The van der Waals surface area contributed by atoms with Gasteiger partial charge in [0, 0.05) is 46.0 Å². The summed E-state index contributed by atoms with van der Waals surface area (Å²) >= 11 is 0. The number of hydrogen-bond donors (Lipinski definition) is 1. The van der Waals surface area contributed by atoms with Gasteiger partial charge in [-0.05, 0) is 56.2 Å². The highest BCUT2D eigenvalue weighted by molar-refractivity contribution is 6.06. The summed E-state index contributed by atoms with van der Waals surface area (Å²) in [6.07, 6.45) is 3.16. The van der Waals surface area contributed by atoms with E-state index < -0.39 is 10.8 Å². The third-order valence-electron chi connectivity index (χ3n) is 5.82. The number of fused-ring (bicyclic) bond motifs is 1. The van der Waals surface area contributed by atoms with Crippen LogP contribution in [0.5, 0.6) is 11.5 Å². The Morgan fingerprint density at radius 1 is 1.17 bits per heavy atom. The van der Waals surface area contributed by atoms with Crippen LogP contribution >= 0.6 is 0 Å². The summed E-state index contributed by atoms with van der Waals surface area (Å²) in [5, 5.41) is 14.6. The number of nitrogens with zero attached hydrogens (tertiary/aromatic N) is 1. The molecule has 3 aromatic carbocycles. The summed E-state index contributed by atoms with van der Waals surface area (Å²) < 4.78 is 17.1. The molecule has 184 valence electrons. The zero-order valence-corrected chi connectivity index (χ0v) is 20.5. The van der Waals surface area contributed by atoms with Gasteiger partial charge >= 0.3 is 0 Å². The Balaban J connectivity index is 1.71. The number of nitrogens with one attached hydrogen (secondary N) is 1. The van der Waals surface area contributed by atoms with Gasteiger partial charge in [-0.2, -0.15) is 0 Å². The molecule has 0 atom stereocenters. The summed E-state index contributed by atoms with van der Waals surface area (Å²) in [5.74, 6) is 0.986. The van der Waals surface area contributed by atoms with E-state index in [9.17, 15) is 14.9 Å². The van der Waals surface area contributed by atoms with E-state index in [2.05, 4.69) is 5.32 Å². The van der Waals surface area contributed by atoms with E-state index in [0.717, 1.165) is 33.4 Å². The minimum absolute atomic E-state index is 0.0991. The van der Waals surface area contributed by atoms with E-state index in [1.807, 2.05) is 51.1 Å². The molecule has 0 bridgehead atoms. The molecule has 0 spiro atoms. The van der Waals surface area contributed by atoms with Crippen LogP contribution in [0.25, 0.3) is 27.7 Å². The predicted molar refractivity (Wildman–Crippen MR) is 139 cm³/mol. The number of aryl methyl sites for hydroxylation is 1. The SMILES string of the molecule is CCOc1ccc(-c2coc3c(C)c(OC)c(/C(C)=C/C(=O)Nc4cccc([N+](=O)[O-])c4)cc23)cc1. The number of nitro benzene ring substituents is 1. The fourth-order valence-corrected chi connectivity index (χ4v) is 4.14. The molecular weight excluding hydrogens is 460 g/mol. The lowest BCUT2D eigenvalue weighted by Gasteiger charge is -2.13. The van der Waals surface area contributed by atoms with Gasteiger partial charge in [-0.15, -0.1) is 0 Å². The van der Waals surface area contributed by atoms with Crippen molar-refractivity contribution in [3.05, 3.63) is 88.2 Å². The maximum absolute atomic E-state index is 12.7. The summed E-state index contributed by atoms with van der Waals surface area (Å²) in [6.45, 7) is 6.26. The molecular formula is C28H26N2O6. The molecule has 1 heterocycles. The number of hydrogen-bond acceptors (Lipinski definition) is 6. The second-order valence-corrected chi connectivity index (χ2v) is 8.19. The predicted octanol–water partition coefficient (Wildman–Crippen LogP) is 6.77. The number of methoxy groups -OCH3 is 1. The molecule has 8 nitrogen and oxygen atoms in total. The van der Waals surface area contributed by atoms with Crippen LogP contribution in [-0.2, 0) is 4.79 Å². The molecule has 0 aliphatic carbocycles. The van der Waals surface area contributed by atoms with E-state index in [1.165, 1.54) is 24.3 Å². The molecule has 1 N–H and O–H groups in total. The Morgan fingerprint density at radius 3 is 2.58 bits per heavy atom. The first kappa shape index (κ1) is 24.5. The molecule has 4 aromatic rings. The van der Waals surface area contributed by atoms with Crippen molar-refractivity contribution in [2.75, 3.05) is 19.0 Å². The Morgan fingerprint density at radius 2 is 1.92 bits per heavy atom. The van der Waals surface area contributed by atoms with Crippen LogP contribution in [0, 0.1) is 17.0 Å². The maximum Gasteiger partial charge on any atom is 0.271 e. The highest BCUT2D eigenvalue weighted by atomic mass is 16.6. The molecule has 0 saturated carbocycles. The first-order valence-electron chi connectivity index (χ1n) is 11.4. The van der Waals surface area contributed by atoms with Gasteiger partial charge in [-0.25, -0.2) is 0 Å². The van der Waals surface area contributed by atoms with Gasteiger partial charge in [0.05, 0.1) is 24.9 Å². The fraction of sp³-hybridized carbons (Fsp3) is 0.179. The Kier molecular flexibility index (Phi) is 7.05. The molecule has 0 aliphatic heterocycles. The number of rotatable bonds is 8. The van der Waals surface area contributed by atoms with Gasteiger partial charge in [-0.3, -0.25) is 14.9 Å². The van der Waals surface area contributed by atoms with Crippen molar-refractivity contribution in [2.24, 2.45) is 0 Å². The quantitative estimate of drug-likeness (QED) is 0.167. The van der Waals surface area contributed by atoms with Crippen LogP contribution < -0.4 is 14.8 Å². The van der Waals surface area contributed by atoms with Crippen LogP contribution in [0.2, 0.25) is 0 Å². The van der Waals surface area contributed by atoms with Crippen LogP contribution in [0.1, 0.15) is 25.0 Å². The molecule has 0 radical (unpaired) electrons. The summed E-state index contributed by atoms with van der Waals surface area (Å²) in [4.78, 5) is 23.2. The number of benzene rings is 3. The van der Waals surface area contributed by atoms with Gasteiger partial charge in [0.2, 0.25) is 5.91 Å². The second kappa shape index (κ2) is 10.4. The largest absolute Gasteiger partial charge is 0.496 e. The van der Waals surface area contributed by atoms with Crippen molar-refractivity contribution in [2.45, 2.75) is 20.8 Å². The molecule has 0 aliphatic rings. The second-order valence-electron chi connectivity index (χ2n) is 8.19. The monoisotopic (exact) mass is 486 g/mol. The molecule has 0 unspecified atom stereocenters. The minimum atomic E-state index is -0.507. The van der Waals surface area contributed by atoms with Crippen molar-refractivity contribution in [1.82, 2.24) is 0 Å². The number of non-ortho nitro benzene ring substituents is 1. The van der Waals surface area contributed by atoms with Gasteiger partial charge < -0.3 is 19.2 Å². The number of nitro groups is 1. The molecule has 0 fully saturated rings. The first-order chi connectivity index (χ1) is 17.3. The molecule has 1 aromatic heterocycles. The standard InChI is InChI=1S/C28H26N2O6/c1-5-35-22-11-9-19(10-12-22)25-16-36-28-18(3)27(34-4)23(15-24(25)28)17(2)13-26(31)29-20-7-6-8-21(14-20)30(32)33/h6-16H,5H2,1-4H3,(H,29,31)/b17-13+.